The summed E-state index contributed by atoms with van der Waals surface area (Å²) in [4.78, 5) is 15.4. The number of halogens is 3. The molecule has 0 aromatic carbocycles. The average Bonchev–Trinajstić information content (AvgIpc) is 3.26. The lowest BCUT2D eigenvalue weighted by atomic mass is 10.3. The molecule has 2 aromatic heterocycles. The zero-order chi connectivity index (χ0) is 17.9. The van der Waals surface area contributed by atoms with Crippen molar-refractivity contribution in [1.29, 1.82) is 0 Å². The van der Waals surface area contributed by atoms with Gasteiger partial charge in [-0.2, -0.15) is 18.3 Å². The molecule has 12 heteroatoms. The molecule has 3 rings (SSSR count). The third-order valence-corrected chi connectivity index (χ3v) is 4.70. The van der Waals surface area contributed by atoms with Crippen LogP contribution >= 0.6 is 11.3 Å². The molecular formula is C13H16F3N7OS. The van der Waals surface area contributed by atoms with E-state index in [1.165, 1.54) is 0 Å². The first-order valence-corrected chi connectivity index (χ1v) is 8.41. The van der Waals surface area contributed by atoms with Gasteiger partial charge in [-0.25, -0.2) is 4.79 Å². The normalized spacial score (nSPS) is 15.5. The van der Waals surface area contributed by atoms with Gasteiger partial charge in [-0.15, -0.1) is 10.2 Å². The summed E-state index contributed by atoms with van der Waals surface area (Å²) in [6.07, 6.45) is -1.01. The second-order valence-electron chi connectivity index (χ2n) is 5.36. The summed E-state index contributed by atoms with van der Waals surface area (Å²) >= 11 is 0.518. The van der Waals surface area contributed by atoms with Gasteiger partial charge in [-0.3, -0.25) is 4.68 Å². The monoisotopic (exact) mass is 375 g/mol. The number of hydrogen-bond donors (Lipinski definition) is 1. The number of hydrogen-bond acceptors (Lipinski definition) is 6. The van der Waals surface area contributed by atoms with Crippen molar-refractivity contribution >= 4 is 22.5 Å². The topological polar surface area (TPSA) is 79.2 Å². The van der Waals surface area contributed by atoms with Gasteiger partial charge in [-0.05, 0) is 6.07 Å². The third kappa shape index (κ3) is 4.38. The Labute approximate surface area is 145 Å². The molecule has 25 heavy (non-hydrogen) atoms. The summed E-state index contributed by atoms with van der Waals surface area (Å²) in [6.45, 7) is 2.68. The second kappa shape index (κ2) is 7.25. The molecule has 0 radical (unpaired) electrons. The molecule has 0 atom stereocenters. The minimum absolute atomic E-state index is 0.194. The number of carbonyl (C=O) groups excluding carboxylic acids is 1. The number of anilines is 1. The lowest BCUT2D eigenvalue weighted by Gasteiger charge is -2.34. The number of amides is 2. The van der Waals surface area contributed by atoms with E-state index in [4.69, 9.17) is 0 Å². The van der Waals surface area contributed by atoms with Crippen LogP contribution < -0.4 is 10.2 Å². The van der Waals surface area contributed by atoms with E-state index in [0.29, 0.717) is 50.6 Å². The molecule has 0 saturated carbocycles. The van der Waals surface area contributed by atoms with E-state index in [-0.39, 0.29) is 11.2 Å². The minimum atomic E-state index is -4.48. The maximum absolute atomic E-state index is 12.6. The molecule has 0 unspecified atom stereocenters. The van der Waals surface area contributed by atoms with E-state index >= 15 is 0 Å². The van der Waals surface area contributed by atoms with Crippen LogP contribution in [0.25, 0.3) is 0 Å². The molecule has 2 amide bonds. The zero-order valence-electron chi connectivity index (χ0n) is 13.1. The first-order chi connectivity index (χ1) is 11.9. The van der Waals surface area contributed by atoms with E-state index in [2.05, 4.69) is 20.6 Å². The lowest BCUT2D eigenvalue weighted by molar-refractivity contribution is -0.138. The molecule has 1 aliphatic rings. The fourth-order valence-electron chi connectivity index (χ4n) is 2.38. The quantitative estimate of drug-likeness (QED) is 0.871. The number of aromatic nitrogens is 4. The van der Waals surface area contributed by atoms with Gasteiger partial charge >= 0.3 is 12.2 Å². The maximum Gasteiger partial charge on any atom is 0.445 e. The largest absolute Gasteiger partial charge is 0.445 e. The molecule has 1 saturated heterocycles. The Hall–Kier alpha value is -2.37. The van der Waals surface area contributed by atoms with E-state index in [9.17, 15) is 18.0 Å². The molecule has 8 nitrogen and oxygen atoms in total. The predicted molar refractivity (Wildman–Crippen MR) is 84.3 cm³/mol. The number of urea groups is 1. The molecule has 0 bridgehead atoms. The van der Waals surface area contributed by atoms with E-state index < -0.39 is 11.2 Å². The smallest absolute Gasteiger partial charge is 0.343 e. The number of carbonyl (C=O) groups is 1. The van der Waals surface area contributed by atoms with Gasteiger partial charge in [0.2, 0.25) is 10.1 Å². The summed E-state index contributed by atoms with van der Waals surface area (Å²) in [7, 11) is 0. The Balaban J connectivity index is 1.45. The van der Waals surface area contributed by atoms with E-state index in [1.54, 1.807) is 26.7 Å². The summed E-state index contributed by atoms with van der Waals surface area (Å²) in [6, 6.07) is 1.61. The Morgan fingerprint density at radius 1 is 1.24 bits per heavy atom. The van der Waals surface area contributed by atoms with Crippen LogP contribution in [0.1, 0.15) is 5.01 Å². The van der Waals surface area contributed by atoms with Gasteiger partial charge in [-0.1, -0.05) is 11.3 Å². The molecule has 0 spiro atoms. The minimum Gasteiger partial charge on any atom is -0.343 e. The maximum atomic E-state index is 12.6. The van der Waals surface area contributed by atoms with E-state index in [0.717, 1.165) is 0 Å². The van der Waals surface area contributed by atoms with Crippen LogP contribution in [0.3, 0.4) is 0 Å². The van der Waals surface area contributed by atoms with Gasteiger partial charge in [0.1, 0.15) is 0 Å². The highest BCUT2D eigenvalue weighted by atomic mass is 32.1. The molecule has 0 aliphatic carbocycles. The first-order valence-electron chi connectivity index (χ1n) is 7.59. The van der Waals surface area contributed by atoms with E-state index in [1.807, 2.05) is 6.20 Å². The van der Waals surface area contributed by atoms with Crippen molar-refractivity contribution in [3.8, 4) is 0 Å². The van der Waals surface area contributed by atoms with Crippen molar-refractivity contribution in [2.24, 2.45) is 0 Å². The lowest BCUT2D eigenvalue weighted by Crippen LogP contribution is -2.52. The van der Waals surface area contributed by atoms with Crippen LogP contribution in [0.5, 0.6) is 0 Å². The SMILES string of the molecule is O=C(NCCn1cccn1)N1CCN(c2nnc(C(F)(F)F)s2)CC1. The summed E-state index contributed by atoms with van der Waals surface area (Å²) < 4.78 is 39.5. The number of alkyl halides is 3. The van der Waals surface area contributed by atoms with Crippen molar-refractivity contribution in [2.45, 2.75) is 12.7 Å². The van der Waals surface area contributed by atoms with Crippen LogP contribution in [0.15, 0.2) is 18.5 Å². The van der Waals surface area contributed by atoms with Crippen LogP contribution in [0, 0.1) is 0 Å². The van der Waals surface area contributed by atoms with Crippen molar-refractivity contribution in [1.82, 2.24) is 30.2 Å². The van der Waals surface area contributed by atoms with Gasteiger partial charge in [0, 0.05) is 45.1 Å². The Morgan fingerprint density at radius 2 is 2.00 bits per heavy atom. The number of piperazine rings is 1. The second-order valence-corrected chi connectivity index (χ2v) is 6.32. The number of nitrogens with one attached hydrogen (secondary N) is 1. The molecular weight excluding hydrogens is 359 g/mol. The van der Waals surface area contributed by atoms with Crippen molar-refractivity contribution in [3.05, 3.63) is 23.5 Å². The molecule has 136 valence electrons. The first kappa shape index (κ1) is 17.5. The van der Waals surface area contributed by atoms with Crippen LogP contribution in [0.2, 0.25) is 0 Å². The fraction of sp³-hybridized carbons (Fsp3) is 0.538. The van der Waals surface area contributed by atoms with Crippen molar-refractivity contribution in [2.75, 3.05) is 37.6 Å². The summed E-state index contributed by atoms with van der Waals surface area (Å²) in [5, 5.41) is 12.9. The van der Waals surface area contributed by atoms with Gasteiger partial charge in [0.25, 0.3) is 0 Å². The zero-order valence-corrected chi connectivity index (χ0v) is 13.9. The van der Waals surface area contributed by atoms with Gasteiger partial charge in [0.15, 0.2) is 0 Å². The standard InChI is InChI=1S/C13H16F3N7OS/c14-13(15,16)10-19-20-12(25-10)22-8-6-21(7-9-22)11(24)17-3-5-23-4-1-2-18-23/h1-2,4H,3,5-9H2,(H,17,24). The Morgan fingerprint density at radius 3 is 2.60 bits per heavy atom. The third-order valence-electron chi connectivity index (χ3n) is 3.67. The Bertz CT molecular complexity index is 695. The van der Waals surface area contributed by atoms with Crippen molar-refractivity contribution in [3.63, 3.8) is 0 Å². The molecule has 1 fully saturated rings. The average molecular weight is 375 g/mol. The highest BCUT2D eigenvalue weighted by Crippen LogP contribution is 2.34. The predicted octanol–water partition coefficient (Wildman–Crippen LogP) is 1.29. The highest BCUT2D eigenvalue weighted by Gasteiger charge is 2.36. The van der Waals surface area contributed by atoms with Crippen molar-refractivity contribution < 1.29 is 18.0 Å². The van der Waals surface area contributed by atoms with Crippen LogP contribution in [0.4, 0.5) is 23.1 Å². The molecule has 1 aliphatic heterocycles. The fourth-order valence-corrected chi connectivity index (χ4v) is 3.14. The number of rotatable bonds is 4. The summed E-state index contributed by atoms with van der Waals surface area (Å²) in [5.41, 5.74) is 0. The Kier molecular flexibility index (Phi) is 5.06. The van der Waals surface area contributed by atoms with Gasteiger partial charge in [0.05, 0.1) is 6.54 Å². The highest BCUT2D eigenvalue weighted by molar-refractivity contribution is 7.15. The molecule has 2 aromatic rings. The molecule has 1 N–H and O–H groups in total. The molecule has 3 heterocycles. The summed E-state index contributed by atoms with van der Waals surface area (Å²) in [5.74, 6) is 0. The van der Waals surface area contributed by atoms with Crippen LogP contribution in [-0.2, 0) is 12.7 Å². The van der Waals surface area contributed by atoms with Crippen LogP contribution in [-0.4, -0.2) is 63.6 Å². The number of nitrogens with zero attached hydrogens (tertiary/aromatic N) is 6. The van der Waals surface area contributed by atoms with Gasteiger partial charge < -0.3 is 15.1 Å².